The molecule has 1 saturated heterocycles. The number of nitrogens with zero attached hydrogens (tertiary/aromatic N) is 6. The van der Waals surface area contributed by atoms with E-state index in [2.05, 4.69) is 41.1 Å². The van der Waals surface area contributed by atoms with Crippen LogP contribution in [0.4, 0.5) is 17.2 Å². The lowest BCUT2D eigenvalue weighted by atomic mass is 10.1. The number of fused-ring (bicyclic) bond motifs is 2. The number of aromatic nitrogens is 6. The van der Waals surface area contributed by atoms with Gasteiger partial charge in [0.25, 0.3) is 0 Å². The summed E-state index contributed by atoms with van der Waals surface area (Å²) in [5.74, 6) is 1.88. The van der Waals surface area contributed by atoms with E-state index in [1.54, 1.807) is 42.4 Å². The lowest BCUT2D eigenvalue weighted by Gasteiger charge is -2.15. The number of anilines is 3. The number of ether oxygens (including phenoxy) is 3. The molecule has 3 aromatic heterocycles. The second-order valence-corrected chi connectivity index (χ2v) is 10.0. The fourth-order valence-corrected chi connectivity index (χ4v) is 4.75. The Hall–Kier alpha value is -5.14. The number of carbonyl (C=O) groups is 1. The Morgan fingerprint density at radius 3 is 2.88 bits per heavy atom. The van der Waals surface area contributed by atoms with E-state index in [9.17, 15) is 4.79 Å². The summed E-state index contributed by atoms with van der Waals surface area (Å²) < 4.78 is 18.8. The second-order valence-electron chi connectivity index (χ2n) is 10.0. The molecule has 2 aromatic carbocycles. The maximum atomic E-state index is 12.8. The van der Waals surface area contributed by atoms with Crippen LogP contribution in [-0.2, 0) is 9.53 Å². The molecule has 13 nitrogen and oxygen atoms in total. The Bertz CT molecular complexity index is 1780. The smallest absolute Gasteiger partial charge is 0.248 e. The van der Waals surface area contributed by atoms with E-state index in [0.717, 1.165) is 30.6 Å². The predicted octanol–water partition coefficient (Wildman–Crippen LogP) is 4.18. The van der Waals surface area contributed by atoms with Crippen molar-refractivity contribution in [2.75, 3.05) is 37.5 Å². The second kappa shape index (κ2) is 12.8. The van der Waals surface area contributed by atoms with Gasteiger partial charge in [-0.2, -0.15) is 0 Å². The molecule has 4 heterocycles. The maximum absolute atomic E-state index is 12.8. The van der Waals surface area contributed by atoms with E-state index in [1.165, 1.54) is 6.33 Å². The van der Waals surface area contributed by atoms with Gasteiger partial charge in [-0.3, -0.25) is 9.20 Å². The first-order valence-corrected chi connectivity index (χ1v) is 13.9. The summed E-state index contributed by atoms with van der Waals surface area (Å²) >= 11 is 0. The Morgan fingerprint density at radius 1 is 1.12 bits per heavy atom. The fraction of sp³-hybridized carbons (Fsp3) is 0.267. The lowest BCUT2D eigenvalue weighted by molar-refractivity contribution is -0.111. The van der Waals surface area contributed by atoms with Crippen molar-refractivity contribution in [3.63, 3.8) is 0 Å². The highest BCUT2D eigenvalue weighted by molar-refractivity contribution is 6.03. The first-order chi connectivity index (χ1) is 21.1. The van der Waals surface area contributed by atoms with E-state index in [-0.39, 0.29) is 11.9 Å². The topological polar surface area (TPSA) is 150 Å². The van der Waals surface area contributed by atoms with Crippen LogP contribution < -0.4 is 25.4 Å². The quantitative estimate of drug-likeness (QED) is 0.152. The summed E-state index contributed by atoms with van der Waals surface area (Å²) in [7, 11) is 1.61. The van der Waals surface area contributed by atoms with E-state index in [4.69, 9.17) is 14.2 Å². The van der Waals surface area contributed by atoms with Crippen molar-refractivity contribution in [2.24, 2.45) is 0 Å². The zero-order valence-electron chi connectivity index (χ0n) is 23.8. The maximum Gasteiger partial charge on any atom is 0.248 e. The Kier molecular flexibility index (Phi) is 8.33. The largest absolute Gasteiger partial charge is 0.489 e. The first kappa shape index (κ1) is 28.0. The average Bonchev–Trinajstić information content (AvgIpc) is 3.70. The van der Waals surface area contributed by atoms with Gasteiger partial charge >= 0.3 is 0 Å². The molecule has 0 unspecified atom stereocenters. The van der Waals surface area contributed by atoms with Gasteiger partial charge in [-0.25, -0.2) is 15.0 Å². The van der Waals surface area contributed by atoms with E-state index >= 15 is 0 Å². The molecule has 220 valence electrons. The zero-order valence-corrected chi connectivity index (χ0v) is 23.8. The minimum absolute atomic E-state index is 0.206. The molecule has 0 radical (unpaired) electrons. The number of nitrogens with one attached hydrogen (secondary N) is 3. The summed E-state index contributed by atoms with van der Waals surface area (Å²) in [6.07, 6.45) is 10.2. The standard InChI is InChI=1S/C30H31N9O4/c1-19-12-21(5-7-25(19)43-29-15-27-38-35-18-39(27)17-34-29)36-30-22-13-24(37-28(40)8-6-20-4-3-9-31-20)26(42-11-10-41-2)14-23(22)32-16-33-30/h5-8,12-18,20,31H,3-4,9-11H2,1-2H3,(H,37,40)(H,32,33,36)/b8-6+/t20-/m1/s1. The average molecular weight is 582 g/mol. The van der Waals surface area contributed by atoms with Crippen molar-refractivity contribution >= 4 is 39.6 Å². The molecule has 1 fully saturated rings. The van der Waals surface area contributed by atoms with Gasteiger partial charge in [0.1, 0.15) is 42.9 Å². The highest BCUT2D eigenvalue weighted by Crippen LogP contribution is 2.34. The summed E-state index contributed by atoms with van der Waals surface area (Å²) in [6, 6.07) is 11.2. The van der Waals surface area contributed by atoms with Crippen molar-refractivity contribution in [1.82, 2.24) is 34.9 Å². The number of benzene rings is 2. The summed E-state index contributed by atoms with van der Waals surface area (Å²) in [4.78, 5) is 26.1. The van der Waals surface area contributed by atoms with Crippen LogP contribution in [-0.4, -0.2) is 68.4 Å². The number of amides is 1. The number of hydrogen-bond donors (Lipinski definition) is 3. The van der Waals surface area contributed by atoms with E-state index in [0.29, 0.717) is 58.6 Å². The SMILES string of the molecule is COCCOc1cc2ncnc(Nc3ccc(Oc4cc5nncn5cn4)c(C)c3)c2cc1NC(=O)/C=C/[C@H]1CCCN1. The van der Waals surface area contributed by atoms with E-state index < -0.39 is 0 Å². The third kappa shape index (κ3) is 6.68. The first-order valence-electron chi connectivity index (χ1n) is 13.9. The Labute approximate surface area is 247 Å². The van der Waals surface area contributed by atoms with Gasteiger partial charge in [0.15, 0.2) is 5.65 Å². The van der Waals surface area contributed by atoms with Gasteiger partial charge < -0.3 is 30.2 Å². The van der Waals surface area contributed by atoms with Crippen LogP contribution in [0, 0.1) is 6.92 Å². The minimum atomic E-state index is -0.250. The van der Waals surface area contributed by atoms with Gasteiger partial charge in [0, 0.05) is 42.4 Å². The third-order valence-electron chi connectivity index (χ3n) is 6.93. The van der Waals surface area contributed by atoms with Gasteiger partial charge in [-0.1, -0.05) is 6.08 Å². The zero-order chi connectivity index (χ0) is 29.6. The van der Waals surface area contributed by atoms with Crippen LogP contribution in [0.25, 0.3) is 16.6 Å². The van der Waals surface area contributed by atoms with Crippen molar-refractivity contribution < 1.29 is 19.0 Å². The Morgan fingerprint density at radius 2 is 2.05 bits per heavy atom. The number of aryl methyl sites for hydroxylation is 1. The van der Waals surface area contributed by atoms with Crippen LogP contribution in [0.5, 0.6) is 17.4 Å². The molecule has 0 saturated carbocycles. The van der Waals surface area contributed by atoms with Crippen LogP contribution in [0.2, 0.25) is 0 Å². The van der Waals surface area contributed by atoms with Crippen molar-refractivity contribution in [1.29, 1.82) is 0 Å². The molecule has 0 aliphatic carbocycles. The molecule has 1 atom stereocenters. The molecule has 1 aliphatic rings. The molecule has 3 N–H and O–H groups in total. The van der Waals surface area contributed by atoms with Crippen molar-refractivity contribution in [2.45, 2.75) is 25.8 Å². The molecule has 13 heteroatoms. The molecule has 1 aliphatic heterocycles. The molecule has 5 aromatic rings. The summed E-state index contributed by atoms with van der Waals surface area (Å²) in [5, 5.41) is 18.3. The number of hydrogen-bond acceptors (Lipinski definition) is 11. The number of methoxy groups -OCH3 is 1. The molecular weight excluding hydrogens is 550 g/mol. The highest BCUT2D eigenvalue weighted by atomic mass is 16.5. The number of rotatable bonds is 11. The summed E-state index contributed by atoms with van der Waals surface area (Å²) in [5.41, 5.74) is 3.48. The highest BCUT2D eigenvalue weighted by Gasteiger charge is 2.15. The molecule has 6 rings (SSSR count). The van der Waals surface area contributed by atoms with Gasteiger partial charge in [-0.05, 0) is 56.1 Å². The monoisotopic (exact) mass is 581 g/mol. The van der Waals surface area contributed by atoms with Crippen LogP contribution >= 0.6 is 0 Å². The van der Waals surface area contributed by atoms with Gasteiger partial charge in [0.05, 0.1) is 17.8 Å². The molecule has 0 spiro atoms. The van der Waals surface area contributed by atoms with Gasteiger partial charge in [0.2, 0.25) is 11.8 Å². The predicted molar refractivity (Wildman–Crippen MR) is 161 cm³/mol. The molecule has 43 heavy (non-hydrogen) atoms. The normalized spacial score (nSPS) is 14.9. The summed E-state index contributed by atoms with van der Waals surface area (Å²) in [6.45, 7) is 3.62. The third-order valence-corrected chi connectivity index (χ3v) is 6.93. The molecule has 1 amide bonds. The minimum Gasteiger partial charge on any atom is -0.489 e. The van der Waals surface area contributed by atoms with Crippen LogP contribution in [0.3, 0.4) is 0 Å². The molecular formula is C30H31N9O4. The Balaban J connectivity index is 1.24. The van der Waals surface area contributed by atoms with Crippen LogP contribution in [0.1, 0.15) is 18.4 Å². The van der Waals surface area contributed by atoms with Gasteiger partial charge in [-0.15, -0.1) is 10.2 Å². The van der Waals surface area contributed by atoms with Crippen molar-refractivity contribution in [3.8, 4) is 17.4 Å². The van der Waals surface area contributed by atoms with Crippen molar-refractivity contribution in [3.05, 3.63) is 73.1 Å². The fourth-order valence-electron chi connectivity index (χ4n) is 4.75. The van der Waals surface area contributed by atoms with Crippen LogP contribution in [0.15, 0.2) is 67.5 Å². The molecule has 0 bridgehead atoms. The van der Waals surface area contributed by atoms with E-state index in [1.807, 2.05) is 37.3 Å². The number of carbonyl (C=O) groups excluding carboxylic acids is 1. The lowest BCUT2D eigenvalue weighted by Crippen LogP contribution is -2.19.